The van der Waals surface area contributed by atoms with E-state index in [0.29, 0.717) is 0 Å². The zero-order chi connectivity index (χ0) is 7.71. The summed E-state index contributed by atoms with van der Waals surface area (Å²) >= 11 is 0. The molecule has 66 valence electrons. The van der Waals surface area contributed by atoms with E-state index in [1.54, 1.807) is 38.5 Å². The predicted molar refractivity (Wildman–Crippen MR) is 48.6 cm³/mol. The molecule has 0 N–H and O–H groups in total. The van der Waals surface area contributed by atoms with Crippen LogP contribution in [0.5, 0.6) is 0 Å². The van der Waals surface area contributed by atoms with Crippen molar-refractivity contribution in [1.29, 1.82) is 0 Å². The molecule has 0 heterocycles. The van der Waals surface area contributed by atoms with Gasteiger partial charge in [-0.05, 0) is 74.0 Å². The van der Waals surface area contributed by atoms with Crippen LogP contribution >= 0.6 is 0 Å². The number of hydrogen-bond acceptors (Lipinski definition) is 0. The highest BCUT2D eigenvalue weighted by Crippen LogP contribution is 2.66. The van der Waals surface area contributed by atoms with Gasteiger partial charge < -0.3 is 0 Å². The SMILES string of the molecule is C1CC2C1CC1CC3CCC3C12. The fraction of sp³-hybridized carbons (Fsp3) is 1.00. The molecule has 4 unspecified atom stereocenters. The van der Waals surface area contributed by atoms with Crippen molar-refractivity contribution in [3.8, 4) is 0 Å². The molecule has 0 aromatic carbocycles. The summed E-state index contributed by atoms with van der Waals surface area (Å²) in [5.41, 5.74) is 0. The second-order valence-corrected chi connectivity index (χ2v) is 5.81. The van der Waals surface area contributed by atoms with Crippen molar-refractivity contribution in [2.75, 3.05) is 0 Å². The number of rotatable bonds is 0. The first-order valence-electron chi connectivity index (χ1n) is 5.93. The number of hydrogen-bond donors (Lipinski definition) is 0. The quantitative estimate of drug-likeness (QED) is 0.513. The summed E-state index contributed by atoms with van der Waals surface area (Å²) in [7, 11) is 0. The van der Waals surface area contributed by atoms with E-state index in [2.05, 4.69) is 0 Å². The van der Waals surface area contributed by atoms with Crippen LogP contribution in [0.15, 0.2) is 0 Å². The van der Waals surface area contributed by atoms with Crippen molar-refractivity contribution in [1.82, 2.24) is 0 Å². The van der Waals surface area contributed by atoms with Crippen molar-refractivity contribution in [3.05, 3.63) is 0 Å². The van der Waals surface area contributed by atoms with Crippen molar-refractivity contribution in [3.63, 3.8) is 0 Å². The molecule has 0 heteroatoms. The largest absolute Gasteiger partial charge is 0.0499 e. The summed E-state index contributed by atoms with van der Waals surface area (Å²) in [4.78, 5) is 0. The molecule has 0 bridgehead atoms. The van der Waals surface area contributed by atoms with Gasteiger partial charge in [-0.25, -0.2) is 0 Å². The molecule has 0 spiro atoms. The lowest BCUT2D eigenvalue weighted by atomic mass is 9.63. The van der Waals surface area contributed by atoms with Crippen LogP contribution in [-0.4, -0.2) is 0 Å². The third-order valence-electron chi connectivity index (χ3n) is 5.70. The molecule has 0 aliphatic heterocycles. The molecular weight excluding hydrogens is 144 g/mol. The summed E-state index contributed by atoms with van der Waals surface area (Å²) < 4.78 is 0. The molecule has 4 atom stereocenters. The van der Waals surface area contributed by atoms with E-state index >= 15 is 0 Å². The Labute approximate surface area is 74.7 Å². The Morgan fingerprint density at radius 1 is 0.583 bits per heavy atom. The Balaban J connectivity index is 1.68. The maximum atomic E-state index is 1.64. The summed E-state index contributed by atoms with van der Waals surface area (Å²) in [6.07, 6.45) is 9.68. The van der Waals surface area contributed by atoms with E-state index in [-0.39, 0.29) is 0 Å². The van der Waals surface area contributed by atoms with Gasteiger partial charge in [-0.3, -0.25) is 0 Å². The zero-order valence-electron chi connectivity index (χ0n) is 7.71. The third-order valence-corrected chi connectivity index (χ3v) is 5.70. The average Bonchev–Trinajstić information content (AvgIpc) is 2.30. The Morgan fingerprint density at radius 3 is 1.58 bits per heavy atom. The highest BCUT2D eigenvalue weighted by molar-refractivity contribution is 5.07. The van der Waals surface area contributed by atoms with Crippen LogP contribution < -0.4 is 0 Å². The molecule has 4 fully saturated rings. The molecule has 0 aromatic heterocycles. The summed E-state index contributed by atoms with van der Waals surface area (Å²) in [6.45, 7) is 0. The molecule has 0 amide bonds. The van der Waals surface area contributed by atoms with Gasteiger partial charge in [-0.1, -0.05) is 0 Å². The van der Waals surface area contributed by atoms with Gasteiger partial charge in [0.15, 0.2) is 0 Å². The second-order valence-electron chi connectivity index (χ2n) is 5.81. The highest BCUT2D eigenvalue weighted by atomic mass is 14.6. The Kier molecular flexibility index (Phi) is 1.03. The molecule has 4 saturated carbocycles. The first-order valence-corrected chi connectivity index (χ1v) is 5.93. The maximum Gasteiger partial charge on any atom is -0.0323 e. The van der Waals surface area contributed by atoms with Crippen LogP contribution in [-0.2, 0) is 0 Å². The minimum atomic E-state index is 1.21. The molecule has 4 aliphatic rings. The fourth-order valence-corrected chi connectivity index (χ4v) is 4.99. The molecule has 4 rings (SSSR count). The Bertz CT molecular complexity index is 198. The Morgan fingerprint density at radius 2 is 1.17 bits per heavy atom. The van der Waals surface area contributed by atoms with Gasteiger partial charge in [0.05, 0.1) is 0 Å². The zero-order valence-corrected chi connectivity index (χ0v) is 7.71. The smallest absolute Gasteiger partial charge is 0.0323 e. The fourth-order valence-electron chi connectivity index (χ4n) is 4.99. The normalized spacial score (nSPS) is 66.0. The minimum absolute atomic E-state index is 1.21. The summed E-state index contributed by atoms with van der Waals surface area (Å²) in [5, 5.41) is 0. The monoisotopic (exact) mass is 162 g/mol. The van der Waals surface area contributed by atoms with Crippen LogP contribution in [0.2, 0.25) is 0 Å². The third kappa shape index (κ3) is 0.561. The van der Waals surface area contributed by atoms with Crippen molar-refractivity contribution in [2.45, 2.75) is 38.5 Å². The average molecular weight is 162 g/mol. The molecule has 0 radical (unpaired) electrons. The van der Waals surface area contributed by atoms with E-state index in [9.17, 15) is 0 Å². The highest BCUT2D eigenvalue weighted by Gasteiger charge is 2.58. The van der Waals surface area contributed by atoms with E-state index in [0.717, 1.165) is 0 Å². The van der Waals surface area contributed by atoms with Crippen LogP contribution in [0.3, 0.4) is 0 Å². The maximum absolute atomic E-state index is 1.64. The number of fused-ring (bicyclic) bond motifs is 5. The van der Waals surface area contributed by atoms with Gasteiger partial charge in [0.2, 0.25) is 0 Å². The van der Waals surface area contributed by atoms with E-state index in [1.807, 2.05) is 0 Å². The Hall–Kier alpha value is 0. The minimum Gasteiger partial charge on any atom is -0.0499 e. The lowest BCUT2D eigenvalue weighted by molar-refractivity contribution is 0.0758. The molecular formula is C12H18. The molecule has 4 aliphatic carbocycles. The van der Waals surface area contributed by atoms with Crippen LogP contribution in [0.1, 0.15) is 38.5 Å². The van der Waals surface area contributed by atoms with Crippen molar-refractivity contribution < 1.29 is 0 Å². The van der Waals surface area contributed by atoms with Gasteiger partial charge in [0, 0.05) is 0 Å². The topological polar surface area (TPSA) is 0 Å². The van der Waals surface area contributed by atoms with Crippen molar-refractivity contribution in [2.24, 2.45) is 35.5 Å². The summed E-state index contributed by atoms with van der Waals surface area (Å²) in [5.74, 6) is 7.32. The standard InChI is InChI=1S/C12H18/c1-3-10-7(1)5-9-6-8-2-4-11(8)12(9)10/h7-12H,1-6H2. The summed E-state index contributed by atoms with van der Waals surface area (Å²) in [6, 6.07) is 0. The predicted octanol–water partition coefficient (Wildman–Crippen LogP) is 3.08. The van der Waals surface area contributed by atoms with Crippen LogP contribution in [0.4, 0.5) is 0 Å². The molecule has 12 heavy (non-hydrogen) atoms. The molecule has 0 saturated heterocycles. The van der Waals surface area contributed by atoms with E-state index in [4.69, 9.17) is 0 Å². The lowest BCUT2D eigenvalue weighted by Crippen LogP contribution is -2.34. The van der Waals surface area contributed by atoms with Crippen molar-refractivity contribution >= 4 is 0 Å². The molecule has 0 aromatic rings. The first kappa shape index (κ1) is 6.45. The van der Waals surface area contributed by atoms with E-state index in [1.165, 1.54) is 35.5 Å². The van der Waals surface area contributed by atoms with E-state index < -0.39 is 0 Å². The molecule has 0 nitrogen and oxygen atoms in total. The lowest BCUT2D eigenvalue weighted by Gasteiger charge is -2.42. The van der Waals surface area contributed by atoms with Gasteiger partial charge in [0.1, 0.15) is 0 Å². The second kappa shape index (κ2) is 1.91. The van der Waals surface area contributed by atoms with Gasteiger partial charge in [0.25, 0.3) is 0 Å². The van der Waals surface area contributed by atoms with Gasteiger partial charge in [-0.2, -0.15) is 0 Å². The van der Waals surface area contributed by atoms with Gasteiger partial charge >= 0.3 is 0 Å². The van der Waals surface area contributed by atoms with Gasteiger partial charge in [-0.15, -0.1) is 0 Å². The van der Waals surface area contributed by atoms with Crippen LogP contribution in [0.25, 0.3) is 0 Å². The van der Waals surface area contributed by atoms with Crippen LogP contribution in [0, 0.1) is 35.5 Å². The first-order chi connectivity index (χ1) is 5.93.